The van der Waals surface area contributed by atoms with Gasteiger partial charge in [0.05, 0.1) is 11.4 Å². The lowest BCUT2D eigenvalue weighted by atomic mass is 10.0. The van der Waals surface area contributed by atoms with Gasteiger partial charge in [-0.15, -0.1) is 12.3 Å². The summed E-state index contributed by atoms with van der Waals surface area (Å²) in [4.78, 5) is 16.6. The number of terminal acetylenes is 1. The van der Waals surface area contributed by atoms with Crippen molar-refractivity contribution in [2.45, 2.75) is 43.9 Å². The second-order valence-corrected chi connectivity index (χ2v) is 7.52. The van der Waals surface area contributed by atoms with E-state index >= 15 is 0 Å². The average Bonchev–Trinajstić information content (AvgIpc) is 3.27. The molecule has 0 saturated heterocycles. The standard InChI is InChI=1S/C20H23N5OS/c1-4-5-9-20(23-24-20)10-11-21-18(26)14-27-19-22-12-13-25(19)17-8-6-7-15(2)16(17)3/h1,6-8,12-13H,5,9-11,14H2,2-3H3,(H,21,26). The zero-order chi connectivity index (χ0) is 19.3. The Morgan fingerprint density at radius 3 is 2.89 bits per heavy atom. The number of nitrogens with one attached hydrogen (secondary N) is 1. The summed E-state index contributed by atoms with van der Waals surface area (Å²) >= 11 is 1.43. The molecule has 2 aromatic rings. The number of carbonyl (C=O) groups excluding carboxylic acids is 1. The van der Waals surface area contributed by atoms with Crippen LogP contribution < -0.4 is 5.32 Å². The number of carbonyl (C=O) groups is 1. The van der Waals surface area contributed by atoms with E-state index in [0.717, 1.165) is 17.3 Å². The highest BCUT2D eigenvalue weighted by atomic mass is 32.2. The highest BCUT2D eigenvalue weighted by molar-refractivity contribution is 7.99. The van der Waals surface area contributed by atoms with Crippen molar-refractivity contribution >= 4 is 17.7 Å². The second-order valence-electron chi connectivity index (χ2n) is 6.57. The van der Waals surface area contributed by atoms with Crippen molar-refractivity contribution in [3.05, 3.63) is 41.7 Å². The van der Waals surface area contributed by atoms with E-state index in [0.29, 0.717) is 25.1 Å². The molecule has 0 radical (unpaired) electrons. The van der Waals surface area contributed by atoms with Crippen LogP contribution >= 0.6 is 11.8 Å². The molecule has 0 atom stereocenters. The van der Waals surface area contributed by atoms with Crippen molar-refractivity contribution in [1.82, 2.24) is 14.9 Å². The minimum Gasteiger partial charge on any atom is -0.355 e. The molecule has 1 amide bonds. The van der Waals surface area contributed by atoms with Crippen LogP contribution in [0.5, 0.6) is 0 Å². The van der Waals surface area contributed by atoms with Gasteiger partial charge in [0.2, 0.25) is 5.91 Å². The lowest BCUT2D eigenvalue weighted by Crippen LogP contribution is -2.29. The van der Waals surface area contributed by atoms with Gasteiger partial charge in [0.1, 0.15) is 0 Å². The number of amides is 1. The second kappa shape index (κ2) is 8.40. The molecular formula is C20H23N5OS. The van der Waals surface area contributed by atoms with E-state index < -0.39 is 0 Å². The highest BCUT2D eigenvalue weighted by Crippen LogP contribution is 2.36. The average molecular weight is 382 g/mol. The maximum absolute atomic E-state index is 12.2. The fourth-order valence-electron chi connectivity index (χ4n) is 2.83. The van der Waals surface area contributed by atoms with Gasteiger partial charge < -0.3 is 5.32 Å². The molecule has 7 heteroatoms. The zero-order valence-corrected chi connectivity index (χ0v) is 16.4. The molecule has 0 spiro atoms. The Hall–Kier alpha value is -2.59. The molecule has 140 valence electrons. The number of hydrogen-bond donors (Lipinski definition) is 1. The van der Waals surface area contributed by atoms with E-state index in [1.165, 1.54) is 22.9 Å². The number of thioether (sulfide) groups is 1. The molecule has 6 nitrogen and oxygen atoms in total. The van der Waals surface area contributed by atoms with Gasteiger partial charge in [-0.2, -0.15) is 10.2 Å². The van der Waals surface area contributed by atoms with Gasteiger partial charge in [-0.25, -0.2) is 4.98 Å². The summed E-state index contributed by atoms with van der Waals surface area (Å²) in [5, 5.41) is 11.9. The Morgan fingerprint density at radius 2 is 2.15 bits per heavy atom. The molecule has 1 aliphatic heterocycles. The van der Waals surface area contributed by atoms with E-state index in [-0.39, 0.29) is 11.6 Å². The molecule has 1 N–H and O–H groups in total. The summed E-state index contributed by atoms with van der Waals surface area (Å²) in [5.41, 5.74) is 3.16. The van der Waals surface area contributed by atoms with Crippen LogP contribution in [0.15, 0.2) is 46.0 Å². The maximum Gasteiger partial charge on any atom is 0.230 e. The Balaban J connectivity index is 1.50. The molecule has 0 aliphatic carbocycles. The first-order valence-corrected chi connectivity index (χ1v) is 9.90. The molecule has 1 aromatic heterocycles. The largest absolute Gasteiger partial charge is 0.355 e. The van der Waals surface area contributed by atoms with Gasteiger partial charge in [0.15, 0.2) is 10.8 Å². The normalized spacial score (nSPS) is 14.0. The minimum absolute atomic E-state index is 0.0248. The number of aromatic nitrogens is 2. The van der Waals surface area contributed by atoms with Crippen LogP contribution in [0.25, 0.3) is 5.69 Å². The first-order valence-electron chi connectivity index (χ1n) is 8.92. The van der Waals surface area contributed by atoms with Gasteiger partial charge in [0, 0.05) is 38.2 Å². The van der Waals surface area contributed by atoms with Crippen molar-refractivity contribution in [2.24, 2.45) is 10.2 Å². The van der Waals surface area contributed by atoms with Gasteiger partial charge in [-0.05, 0) is 31.0 Å². The van der Waals surface area contributed by atoms with E-state index in [9.17, 15) is 4.79 Å². The van der Waals surface area contributed by atoms with Crippen LogP contribution in [-0.4, -0.2) is 33.4 Å². The van der Waals surface area contributed by atoms with Gasteiger partial charge in [0.25, 0.3) is 0 Å². The Kier molecular flexibility index (Phi) is 5.97. The summed E-state index contributed by atoms with van der Waals surface area (Å²) in [6, 6.07) is 6.18. The van der Waals surface area contributed by atoms with Crippen LogP contribution in [0, 0.1) is 26.2 Å². The van der Waals surface area contributed by atoms with Crippen molar-refractivity contribution in [1.29, 1.82) is 0 Å². The van der Waals surface area contributed by atoms with Crippen molar-refractivity contribution < 1.29 is 4.79 Å². The fourth-order valence-corrected chi connectivity index (χ4v) is 3.62. The summed E-state index contributed by atoms with van der Waals surface area (Å²) in [6.07, 6.45) is 11.1. The topological polar surface area (TPSA) is 71.6 Å². The Morgan fingerprint density at radius 1 is 1.33 bits per heavy atom. The van der Waals surface area contributed by atoms with Crippen LogP contribution in [0.2, 0.25) is 0 Å². The molecule has 0 fully saturated rings. The predicted molar refractivity (Wildman–Crippen MR) is 107 cm³/mol. The van der Waals surface area contributed by atoms with E-state index in [4.69, 9.17) is 6.42 Å². The smallest absolute Gasteiger partial charge is 0.230 e. The van der Waals surface area contributed by atoms with Crippen LogP contribution in [-0.2, 0) is 4.79 Å². The summed E-state index contributed by atoms with van der Waals surface area (Å²) in [7, 11) is 0. The first-order chi connectivity index (χ1) is 13.0. The van der Waals surface area contributed by atoms with Crippen molar-refractivity contribution in [3.63, 3.8) is 0 Å². The third-order valence-electron chi connectivity index (χ3n) is 4.67. The van der Waals surface area contributed by atoms with Gasteiger partial charge in [-0.1, -0.05) is 23.9 Å². The molecule has 3 rings (SSSR count). The number of aryl methyl sites for hydroxylation is 1. The number of hydrogen-bond acceptors (Lipinski definition) is 5. The molecule has 27 heavy (non-hydrogen) atoms. The number of rotatable bonds is 9. The maximum atomic E-state index is 12.2. The molecular weight excluding hydrogens is 358 g/mol. The van der Waals surface area contributed by atoms with E-state index in [1.807, 2.05) is 16.8 Å². The molecule has 0 saturated carbocycles. The SMILES string of the molecule is C#CCCC1(CCNC(=O)CSc2nccn2-c2cccc(C)c2C)N=N1. The Labute approximate surface area is 163 Å². The number of nitrogens with zero attached hydrogens (tertiary/aromatic N) is 4. The highest BCUT2D eigenvalue weighted by Gasteiger charge is 2.38. The Bertz CT molecular complexity index is 890. The van der Waals surface area contributed by atoms with Crippen molar-refractivity contribution in [2.75, 3.05) is 12.3 Å². The van der Waals surface area contributed by atoms with Gasteiger partial charge in [-0.3, -0.25) is 9.36 Å². The number of benzene rings is 1. The molecule has 0 bridgehead atoms. The lowest BCUT2D eigenvalue weighted by molar-refractivity contribution is -0.118. The molecule has 1 aromatic carbocycles. The van der Waals surface area contributed by atoms with Crippen molar-refractivity contribution in [3.8, 4) is 18.0 Å². The molecule has 0 unspecified atom stereocenters. The summed E-state index contributed by atoms with van der Waals surface area (Å²) in [5.74, 6) is 2.89. The fraction of sp³-hybridized carbons (Fsp3) is 0.400. The van der Waals surface area contributed by atoms with Gasteiger partial charge >= 0.3 is 0 Å². The third kappa shape index (κ3) is 4.77. The van der Waals surface area contributed by atoms with Crippen LogP contribution in [0.4, 0.5) is 0 Å². The zero-order valence-electron chi connectivity index (χ0n) is 15.6. The summed E-state index contributed by atoms with van der Waals surface area (Å²) in [6.45, 7) is 4.73. The lowest BCUT2D eigenvalue weighted by Gasteiger charge is -2.12. The van der Waals surface area contributed by atoms with E-state index in [1.54, 1.807) is 6.20 Å². The summed E-state index contributed by atoms with van der Waals surface area (Å²) < 4.78 is 2.02. The minimum atomic E-state index is -0.355. The predicted octanol–water partition coefficient (Wildman–Crippen LogP) is 3.66. The van der Waals surface area contributed by atoms with Crippen LogP contribution in [0.3, 0.4) is 0 Å². The monoisotopic (exact) mass is 381 g/mol. The molecule has 1 aliphatic rings. The molecule has 2 heterocycles. The third-order valence-corrected chi connectivity index (χ3v) is 5.64. The quantitative estimate of drug-likeness (QED) is 0.532. The first kappa shape index (κ1) is 19.2. The number of imidazole rings is 1. The van der Waals surface area contributed by atoms with E-state index in [2.05, 4.69) is 52.4 Å². The van der Waals surface area contributed by atoms with Crippen LogP contribution in [0.1, 0.15) is 30.4 Å².